The number of para-hydroxylation sites is 1. The maximum Gasteiger partial charge on any atom is 0.417 e. The Hall–Kier alpha value is -2.51. The van der Waals surface area contributed by atoms with Gasteiger partial charge in [-0.15, -0.1) is 0 Å². The van der Waals surface area contributed by atoms with Crippen LogP contribution in [0.1, 0.15) is 5.56 Å². The first-order valence-corrected chi connectivity index (χ1v) is 5.80. The van der Waals surface area contributed by atoms with Crippen LogP contribution in [-0.4, -0.2) is 6.09 Å². The van der Waals surface area contributed by atoms with Gasteiger partial charge in [-0.3, -0.25) is 5.32 Å². The van der Waals surface area contributed by atoms with Gasteiger partial charge >= 0.3 is 6.09 Å². The quantitative estimate of drug-likeness (QED) is 0.904. The average Bonchev–Trinajstić information content (AvgIpc) is 2.42. The highest BCUT2D eigenvalue weighted by molar-refractivity contribution is 6.33. The zero-order valence-electron chi connectivity index (χ0n) is 9.76. The summed E-state index contributed by atoms with van der Waals surface area (Å²) in [6.45, 7) is 0. The van der Waals surface area contributed by atoms with Crippen molar-refractivity contribution in [1.29, 1.82) is 5.26 Å². The number of halogens is 1. The van der Waals surface area contributed by atoms with Crippen LogP contribution in [0.25, 0.3) is 0 Å². The average molecular weight is 273 g/mol. The predicted octanol–water partition coefficient (Wildman–Crippen LogP) is 3.82. The van der Waals surface area contributed by atoms with E-state index >= 15 is 0 Å². The first-order valence-electron chi connectivity index (χ1n) is 5.42. The fourth-order valence-corrected chi connectivity index (χ4v) is 1.64. The monoisotopic (exact) mass is 272 g/mol. The van der Waals surface area contributed by atoms with Gasteiger partial charge in [-0.2, -0.15) is 5.26 Å². The molecule has 0 aromatic heterocycles. The predicted molar refractivity (Wildman–Crippen MR) is 72.3 cm³/mol. The lowest BCUT2D eigenvalue weighted by atomic mass is 10.2. The standard InChI is InChI=1S/C14H9ClN2O2/c15-12-8-10(9-16)6-7-13(12)17-14(18)19-11-4-2-1-3-5-11/h1-8H,(H,17,18). The van der Waals surface area contributed by atoms with Gasteiger partial charge in [-0.05, 0) is 30.3 Å². The summed E-state index contributed by atoms with van der Waals surface area (Å²) in [5.74, 6) is 0.435. The molecular formula is C14H9ClN2O2. The Morgan fingerprint density at radius 2 is 1.95 bits per heavy atom. The van der Waals surface area contributed by atoms with Crippen molar-refractivity contribution in [1.82, 2.24) is 0 Å². The number of nitriles is 1. The van der Waals surface area contributed by atoms with Crippen LogP contribution in [0.5, 0.6) is 5.75 Å². The van der Waals surface area contributed by atoms with E-state index in [0.29, 0.717) is 17.0 Å². The van der Waals surface area contributed by atoms with Crippen LogP contribution in [0.2, 0.25) is 5.02 Å². The number of hydrogen-bond acceptors (Lipinski definition) is 3. The molecule has 0 unspecified atom stereocenters. The molecule has 0 saturated heterocycles. The van der Waals surface area contributed by atoms with Crippen molar-refractivity contribution in [2.45, 2.75) is 0 Å². The molecule has 2 aromatic carbocycles. The molecule has 2 aromatic rings. The Balaban J connectivity index is 2.05. The number of ether oxygens (including phenoxy) is 1. The summed E-state index contributed by atoms with van der Waals surface area (Å²) in [7, 11) is 0. The van der Waals surface area contributed by atoms with Crippen molar-refractivity contribution in [3.63, 3.8) is 0 Å². The minimum atomic E-state index is -0.641. The number of nitrogens with one attached hydrogen (secondary N) is 1. The van der Waals surface area contributed by atoms with Gasteiger partial charge in [0, 0.05) is 0 Å². The summed E-state index contributed by atoms with van der Waals surface area (Å²) in [5, 5.41) is 11.5. The number of amides is 1. The molecule has 2 rings (SSSR count). The molecule has 94 valence electrons. The van der Waals surface area contributed by atoms with Gasteiger partial charge in [0.1, 0.15) is 5.75 Å². The van der Waals surface area contributed by atoms with Crippen LogP contribution >= 0.6 is 11.6 Å². The first-order chi connectivity index (χ1) is 9.19. The molecule has 0 bridgehead atoms. The molecule has 4 nitrogen and oxygen atoms in total. The third kappa shape index (κ3) is 3.47. The fourth-order valence-electron chi connectivity index (χ4n) is 1.42. The summed E-state index contributed by atoms with van der Waals surface area (Å²) in [6, 6.07) is 15.2. The molecule has 0 radical (unpaired) electrons. The van der Waals surface area contributed by atoms with Gasteiger partial charge in [0.15, 0.2) is 0 Å². The maximum absolute atomic E-state index is 11.6. The summed E-state index contributed by atoms with van der Waals surface area (Å²) in [6.07, 6.45) is -0.641. The van der Waals surface area contributed by atoms with Gasteiger partial charge in [0.25, 0.3) is 0 Å². The third-order valence-corrected chi connectivity index (χ3v) is 2.60. The van der Waals surface area contributed by atoms with Gasteiger partial charge in [0.2, 0.25) is 0 Å². The van der Waals surface area contributed by atoms with E-state index in [2.05, 4.69) is 5.32 Å². The number of benzene rings is 2. The Bertz CT molecular complexity index is 636. The fraction of sp³-hybridized carbons (Fsp3) is 0. The number of carbonyl (C=O) groups is 1. The zero-order chi connectivity index (χ0) is 13.7. The lowest BCUT2D eigenvalue weighted by Crippen LogP contribution is -2.16. The van der Waals surface area contributed by atoms with Gasteiger partial charge in [-0.1, -0.05) is 29.8 Å². The Kier molecular flexibility index (Phi) is 4.01. The number of nitrogens with zero attached hydrogens (tertiary/aromatic N) is 1. The highest BCUT2D eigenvalue weighted by Gasteiger charge is 2.08. The SMILES string of the molecule is N#Cc1ccc(NC(=O)Oc2ccccc2)c(Cl)c1. The molecule has 0 fully saturated rings. The van der Waals surface area contributed by atoms with Crippen molar-refractivity contribution in [3.05, 3.63) is 59.1 Å². The van der Waals surface area contributed by atoms with Crippen LogP contribution in [0.4, 0.5) is 10.5 Å². The van der Waals surface area contributed by atoms with E-state index in [-0.39, 0.29) is 5.02 Å². The summed E-state index contributed by atoms with van der Waals surface area (Å²) >= 11 is 5.93. The second-order valence-corrected chi connectivity index (χ2v) is 4.04. The highest BCUT2D eigenvalue weighted by atomic mass is 35.5. The molecule has 19 heavy (non-hydrogen) atoms. The van der Waals surface area contributed by atoms with Crippen LogP contribution in [0.15, 0.2) is 48.5 Å². The minimum absolute atomic E-state index is 0.282. The molecule has 0 aliphatic carbocycles. The molecule has 0 spiro atoms. The molecule has 1 N–H and O–H groups in total. The van der Waals surface area contributed by atoms with E-state index < -0.39 is 6.09 Å². The van der Waals surface area contributed by atoms with Crippen molar-refractivity contribution in [2.75, 3.05) is 5.32 Å². The zero-order valence-corrected chi connectivity index (χ0v) is 10.5. The normalized spacial score (nSPS) is 9.47. The molecule has 0 aliphatic heterocycles. The van der Waals surface area contributed by atoms with Crippen LogP contribution in [0.3, 0.4) is 0 Å². The van der Waals surface area contributed by atoms with Crippen molar-refractivity contribution >= 4 is 23.4 Å². The lowest BCUT2D eigenvalue weighted by molar-refractivity contribution is 0.215. The van der Waals surface area contributed by atoms with Crippen molar-refractivity contribution in [2.24, 2.45) is 0 Å². The molecule has 0 aliphatic rings. The summed E-state index contributed by atoms with van der Waals surface area (Å²) in [4.78, 5) is 11.6. The first kappa shape index (κ1) is 12.9. The second kappa shape index (κ2) is 5.89. The van der Waals surface area contributed by atoms with E-state index in [9.17, 15) is 4.79 Å². The van der Waals surface area contributed by atoms with E-state index in [0.717, 1.165) is 0 Å². The number of carbonyl (C=O) groups excluding carboxylic acids is 1. The summed E-state index contributed by atoms with van der Waals surface area (Å²) < 4.78 is 5.06. The van der Waals surface area contributed by atoms with Crippen molar-refractivity contribution in [3.8, 4) is 11.8 Å². The minimum Gasteiger partial charge on any atom is -0.410 e. The highest BCUT2D eigenvalue weighted by Crippen LogP contribution is 2.23. The van der Waals surface area contributed by atoms with E-state index in [1.807, 2.05) is 12.1 Å². The maximum atomic E-state index is 11.6. The molecule has 0 atom stereocenters. The van der Waals surface area contributed by atoms with Crippen LogP contribution < -0.4 is 10.1 Å². The number of hydrogen-bond donors (Lipinski definition) is 1. The van der Waals surface area contributed by atoms with Crippen LogP contribution in [-0.2, 0) is 0 Å². The van der Waals surface area contributed by atoms with Crippen molar-refractivity contribution < 1.29 is 9.53 Å². The summed E-state index contributed by atoms with van der Waals surface area (Å²) in [5.41, 5.74) is 0.813. The molecule has 5 heteroatoms. The van der Waals surface area contributed by atoms with Gasteiger partial charge in [-0.25, -0.2) is 4.79 Å². The molecule has 0 heterocycles. The molecule has 0 saturated carbocycles. The Morgan fingerprint density at radius 1 is 1.21 bits per heavy atom. The van der Waals surface area contributed by atoms with Gasteiger partial charge < -0.3 is 4.74 Å². The topological polar surface area (TPSA) is 62.1 Å². The number of anilines is 1. The number of rotatable bonds is 2. The second-order valence-electron chi connectivity index (χ2n) is 3.63. The van der Waals surface area contributed by atoms with E-state index in [4.69, 9.17) is 21.6 Å². The largest absolute Gasteiger partial charge is 0.417 e. The Morgan fingerprint density at radius 3 is 2.58 bits per heavy atom. The Labute approximate surface area is 115 Å². The van der Waals surface area contributed by atoms with E-state index in [1.54, 1.807) is 36.4 Å². The lowest BCUT2D eigenvalue weighted by Gasteiger charge is -2.08. The van der Waals surface area contributed by atoms with Crippen LogP contribution in [0, 0.1) is 11.3 Å². The van der Waals surface area contributed by atoms with Gasteiger partial charge in [0.05, 0.1) is 22.3 Å². The molecule has 1 amide bonds. The smallest absolute Gasteiger partial charge is 0.410 e. The van der Waals surface area contributed by atoms with E-state index in [1.165, 1.54) is 6.07 Å². The third-order valence-electron chi connectivity index (χ3n) is 2.29. The molecular weight excluding hydrogens is 264 g/mol.